The van der Waals surface area contributed by atoms with Gasteiger partial charge in [0.1, 0.15) is 5.41 Å². The van der Waals surface area contributed by atoms with Gasteiger partial charge in [0, 0.05) is 12.7 Å². The summed E-state index contributed by atoms with van der Waals surface area (Å²) >= 11 is 0. The molecule has 5 nitrogen and oxygen atoms in total. The molecule has 1 N–H and O–H groups in total. The van der Waals surface area contributed by atoms with Gasteiger partial charge in [0.15, 0.2) is 10.7 Å². The largest absolute Gasteiger partial charge is 0.505 e. The van der Waals surface area contributed by atoms with E-state index < -0.39 is 5.41 Å². The molecule has 0 aliphatic heterocycles. The summed E-state index contributed by atoms with van der Waals surface area (Å²) in [4.78, 5) is 16.6. The van der Waals surface area contributed by atoms with E-state index in [0.29, 0.717) is 12.8 Å². The van der Waals surface area contributed by atoms with E-state index in [1.165, 1.54) is 4.90 Å². The lowest BCUT2D eigenvalue weighted by Crippen LogP contribution is -2.35. The minimum Gasteiger partial charge on any atom is -0.505 e. The van der Waals surface area contributed by atoms with Crippen LogP contribution in [0.15, 0.2) is 42.3 Å². The zero-order chi connectivity index (χ0) is 13.2. The summed E-state index contributed by atoms with van der Waals surface area (Å²) in [7, 11) is 1.67. The third-order valence-corrected chi connectivity index (χ3v) is 3.28. The van der Waals surface area contributed by atoms with E-state index in [4.69, 9.17) is 5.39 Å². The first-order valence-electron chi connectivity index (χ1n) is 5.69. The minimum atomic E-state index is -0.906. The van der Waals surface area contributed by atoms with Crippen LogP contribution < -0.4 is 4.90 Å². The molecule has 0 saturated heterocycles. The zero-order valence-electron chi connectivity index (χ0n) is 10.1. The molecule has 2 rings (SSSR count). The normalized spacial score (nSPS) is 16.8. The molecule has 0 bridgehead atoms. The maximum Gasteiger partial charge on any atom is 0.388 e. The molecule has 92 valence electrons. The van der Waals surface area contributed by atoms with Crippen LogP contribution in [0.3, 0.4) is 0 Å². The molecule has 0 radical (unpaired) electrons. The summed E-state index contributed by atoms with van der Waals surface area (Å²) in [5.74, 6) is -0.371. The van der Waals surface area contributed by atoms with Gasteiger partial charge in [-0.05, 0) is 25.0 Å². The van der Waals surface area contributed by atoms with Crippen LogP contribution in [0.4, 0.5) is 5.69 Å². The Kier molecular flexibility index (Phi) is 3.02. The predicted octanol–water partition coefficient (Wildman–Crippen LogP) is 2.68. The van der Waals surface area contributed by atoms with Crippen molar-refractivity contribution < 1.29 is 9.90 Å². The van der Waals surface area contributed by atoms with Crippen molar-refractivity contribution in [2.24, 2.45) is 5.41 Å². The number of diazo groups is 1. The molecule has 1 aromatic rings. The average Bonchev–Trinajstić information content (AvgIpc) is 3.20. The average molecular weight is 244 g/mol. The minimum absolute atomic E-state index is 0.183. The lowest BCUT2D eigenvalue weighted by molar-refractivity contribution is -0.123. The van der Waals surface area contributed by atoms with Crippen LogP contribution >= 0.6 is 0 Å². The number of para-hydroxylation sites is 1. The van der Waals surface area contributed by atoms with E-state index in [2.05, 4.69) is 4.98 Å². The Morgan fingerprint density at radius 2 is 2.06 bits per heavy atom. The van der Waals surface area contributed by atoms with Gasteiger partial charge in [-0.25, -0.2) is 0 Å². The SMILES string of the molecule is CN(C(=O)C1(C(O)=C[N+]#N)CC1)c1ccccc1. The molecule has 1 amide bonds. The number of nitrogens with zero attached hydrogens (tertiary/aromatic N) is 3. The second kappa shape index (κ2) is 4.49. The number of rotatable bonds is 3. The Bertz CT molecular complexity index is 527. The van der Waals surface area contributed by atoms with Gasteiger partial charge in [-0.15, -0.1) is 0 Å². The van der Waals surface area contributed by atoms with Gasteiger partial charge in [0.2, 0.25) is 11.3 Å². The number of aliphatic hydroxyl groups is 1. The molecule has 0 atom stereocenters. The Balaban J connectivity index is 2.23. The van der Waals surface area contributed by atoms with Gasteiger partial charge >= 0.3 is 6.20 Å². The van der Waals surface area contributed by atoms with E-state index in [0.717, 1.165) is 11.9 Å². The molecule has 1 fully saturated rings. The molecule has 18 heavy (non-hydrogen) atoms. The zero-order valence-corrected chi connectivity index (χ0v) is 10.1. The summed E-state index contributed by atoms with van der Waals surface area (Å²) in [5.41, 5.74) is -0.140. The summed E-state index contributed by atoms with van der Waals surface area (Å²) < 4.78 is 0. The fourth-order valence-electron chi connectivity index (χ4n) is 1.97. The second-order valence-electron chi connectivity index (χ2n) is 4.41. The van der Waals surface area contributed by atoms with Crippen LogP contribution in [0, 0.1) is 10.8 Å². The maximum atomic E-state index is 12.3. The molecule has 1 saturated carbocycles. The first kappa shape index (κ1) is 12.1. The van der Waals surface area contributed by atoms with Gasteiger partial charge in [-0.1, -0.05) is 18.2 Å². The Morgan fingerprint density at radius 1 is 1.44 bits per heavy atom. The quantitative estimate of drug-likeness (QED) is 0.656. The molecule has 0 unspecified atom stereocenters. The number of hydrogen-bond donors (Lipinski definition) is 1. The smallest absolute Gasteiger partial charge is 0.388 e. The van der Waals surface area contributed by atoms with Crippen molar-refractivity contribution in [2.75, 3.05) is 11.9 Å². The molecule has 0 aromatic heterocycles. The van der Waals surface area contributed by atoms with Crippen molar-refractivity contribution in [1.82, 2.24) is 0 Å². The van der Waals surface area contributed by atoms with Crippen molar-refractivity contribution in [1.29, 1.82) is 5.39 Å². The van der Waals surface area contributed by atoms with E-state index in [1.54, 1.807) is 7.05 Å². The Morgan fingerprint density at radius 3 is 2.56 bits per heavy atom. The molecule has 1 aromatic carbocycles. The van der Waals surface area contributed by atoms with Crippen LogP contribution in [0.5, 0.6) is 0 Å². The highest BCUT2D eigenvalue weighted by molar-refractivity contribution is 6.00. The van der Waals surface area contributed by atoms with Gasteiger partial charge in [-0.3, -0.25) is 4.79 Å². The third-order valence-electron chi connectivity index (χ3n) is 3.28. The number of carbonyl (C=O) groups is 1. The molecular formula is C13H14N3O2+. The van der Waals surface area contributed by atoms with Crippen molar-refractivity contribution in [3.8, 4) is 0 Å². The van der Waals surface area contributed by atoms with Crippen molar-refractivity contribution in [3.05, 3.63) is 47.3 Å². The van der Waals surface area contributed by atoms with E-state index >= 15 is 0 Å². The highest BCUT2D eigenvalue weighted by atomic mass is 16.3. The lowest BCUT2D eigenvalue weighted by Gasteiger charge is -2.22. The molecule has 0 heterocycles. The van der Waals surface area contributed by atoms with E-state index in [1.807, 2.05) is 30.3 Å². The standard InChI is InChI=1S/C13H13N3O2/c1-16(10-5-3-2-4-6-10)12(18)13(7-8-13)11(17)9-15-14/h2-6,9H,7-8H2,1H3/p+1. The Hall–Kier alpha value is -2.35. The molecule has 1 aliphatic rings. The number of amides is 1. The fraction of sp³-hybridized carbons (Fsp3) is 0.308. The molecule has 1 aliphatic carbocycles. The van der Waals surface area contributed by atoms with Crippen LogP contribution in [-0.2, 0) is 4.79 Å². The van der Waals surface area contributed by atoms with E-state index in [9.17, 15) is 9.90 Å². The number of hydrogen-bond acceptors (Lipinski definition) is 3. The van der Waals surface area contributed by atoms with Crippen LogP contribution in [-0.4, -0.2) is 18.1 Å². The molecule has 5 heteroatoms. The fourth-order valence-corrected chi connectivity index (χ4v) is 1.97. The van der Waals surface area contributed by atoms with Gasteiger partial charge < -0.3 is 10.0 Å². The highest BCUT2D eigenvalue weighted by Gasteiger charge is 2.56. The summed E-state index contributed by atoms with van der Waals surface area (Å²) in [6.45, 7) is 0. The van der Waals surface area contributed by atoms with E-state index in [-0.39, 0.29) is 11.7 Å². The summed E-state index contributed by atoms with van der Waals surface area (Å²) in [5, 5.41) is 18.2. The predicted molar refractivity (Wildman–Crippen MR) is 67.3 cm³/mol. The van der Waals surface area contributed by atoms with Crippen molar-refractivity contribution >= 4 is 11.6 Å². The first-order chi connectivity index (χ1) is 8.62. The Labute approximate surface area is 105 Å². The van der Waals surface area contributed by atoms with Crippen molar-refractivity contribution in [3.63, 3.8) is 0 Å². The number of aliphatic hydroxyl groups excluding tert-OH is 1. The van der Waals surface area contributed by atoms with Crippen LogP contribution in [0.25, 0.3) is 4.98 Å². The van der Waals surface area contributed by atoms with Gasteiger partial charge in [-0.2, -0.15) is 0 Å². The highest BCUT2D eigenvalue weighted by Crippen LogP contribution is 2.52. The van der Waals surface area contributed by atoms with Crippen LogP contribution in [0.2, 0.25) is 0 Å². The third kappa shape index (κ3) is 1.93. The van der Waals surface area contributed by atoms with Gasteiger partial charge in [0.25, 0.3) is 0 Å². The molecular weight excluding hydrogens is 230 g/mol. The maximum absolute atomic E-state index is 12.3. The topological polar surface area (TPSA) is 68.7 Å². The first-order valence-corrected chi connectivity index (χ1v) is 5.69. The summed E-state index contributed by atoms with van der Waals surface area (Å²) in [6, 6.07) is 9.21. The lowest BCUT2D eigenvalue weighted by atomic mass is 10.0. The summed E-state index contributed by atoms with van der Waals surface area (Å²) in [6.07, 6.45) is 2.06. The number of benzene rings is 1. The van der Waals surface area contributed by atoms with Crippen LogP contribution in [0.1, 0.15) is 12.8 Å². The number of carbonyl (C=O) groups excluding carboxylic acids is 1. The van der Waals surface area contributed by atoms with Crippen molar-refractivity contribution in [2.45, 2.75) is 12.8 Å². The molecule has 0 spiro atoms. The van der Waals surface area contributed by atoms with Gasteiger partial charge in [0.05, 0.1) is 0 Å². The second-order valence-corrected chi connectivity index (χ2v) is 4.41. The number of anilines is 1. The monoisotopic (exact) mass is 244 g/mol.